The van der Waals surface area contributed by atoms with Gasteiger partial charge in [-0.3, -0.25) is 4.79 Å². The minimum Gasteiger partial charge on any atom is -0.330 e. The first kappa shape index (κ1) is 20.9. The summed E-state index contributed by atoms with van der Waals surface area (Å²) in [6.07, 6.45) is 10.0. The van der Waals surface area contributed by atoms with Gasteiger partial charge < -0.3 is 10.2 Å². The Labute approximate surface area is 161 Å². The van der Waals surface area contributed by atoms with E-state index in [0.29, 0.717) is 11.6 Å². The summed E-state index contributed by atoms with van der Waals surface area (Å²) in [5.74, 6) is 0.124. The summed E-state index contributed by atoms with van der Waals surface area (Å²) in [4.78, 5) is 14.4. The molecule has 27 heavy (non-hydrogen) atoms. The van der Waals surface area contributed by atoms with E-state index in [1.54, 1.807) is 24.1 Å². The topological polar surface area (TPSA) is 78.8 Å². The van der Waals surface area contributed by atoms with Gasteiger partial charge in [-0.25, -0.2) is 8.42 Å². The molecule has 1 amide bonds. The number of sulfonamides is 1. The third-order valence-corrected chi connectivity index (χ3v) is 5.71. The molecule has 0 saturated carbocycles. The quantitative estimate of drug-likeness (QED) is 0.708. The Morgan fingerprint density at radius 2 is 2.15 bits per heavy atom. The summed E-state index contributed by atoms with van der Waals surface area (Å²) in [6.45, 7) is 12.0. The molecule has 0 aliphatic carbocycles. The third kappa shape index (κ3) is 5.29. The van der Waals surface area contributed by atoms with Gasteiger partial charge in [-0.15, -0.1) is 4.40 Å². The van der Waals surface area contributed by atoms with Gasteiger partial charge in [0.2, 0.25) is 0 Å². The number of amidine groups is 1. The van der Waals surface area contributed by atoms with Crippen molar-refractivity contribution in [1.82, 2.24) is 10.2 Å². The largest absolute Gasteiger partial charge is 0.330 e. The molecule has 2 aliphatic heterocycles. The van der Waals surface area contributed by atoms with Crippen LogP contribution in [0.1, 0.15) is 34.1 Å². The molecule has 1 N–H and O–H groups in total. The molecule has 0 aromatic rings. The molecule has 2 rings (SSSR count). The van der Waals surface area contributed by atoms with Gasteiger partial charge in [0.1, 0.15) is 0 Å². The first-order valence-corrected chi connectivity index (χ1v) is 10.6. The van der Waals surface area contributed by atoms with E-state index in [2.05, 4.69) is 30.1 Å². The summed E-state index contributed by atoms with van der Waals surface area (Å²) < 4.78 is 27.5. The van der Waals surface area contributed by atoms with E-state index in [4.69, 9.17) is 0 Å². The lowest BCUT2D eigenvalue weighted by Crippen LogP contribution is -2.42. The van der Waals surface area contributed by atoms with Crippen molar-refractivity contribution in [3.8, 4) is 0 Å². The van der Waals surface area contributed by atoms with E-state index >= 15 is 0 Å². The Balaban J connectivity index is 2.25. The predicted molar refractivity (Wildman–Crippen MR) is 109 cm³/mol. The third-order valence-electron chi connectivity index (χ3n) is 4.56. The van der Waals surface area contributed by atoms with Gasteiger partial charge in [-0.2, -0.15) is 0 Å². The van der Waals surface area contributed by atoms with Crippen LogP contribution < -0.4 is 5.32 Å². The van der Waals surface area contributed by atoms with Crippen LogP contribution in [0.5, 0.6) is 0 Å². The zero-order valence-electron chi connectivity index (χ0n) is 16.3. The van der Waals surface area contributed by atoms with Gasteiger partial charge >= 0.3 is 0 Å². The second kappa shape index (κ2) is 8.52. The molecule has 0 saturated heterocycles. The van der Waals surface area contributed by atoms with Crippen molar-refractivity contribution < 1.29 is 13.2 Å². The number of hydrogen-bond acceptors (Lipinski definition) is 4. The van der Waals surface area contributed by atoms with Crippen molar-refractivity contribution in [2.24, 2.45) is 10.3 Å². The average molecular weight is 390 g/mol. The number of fused-ring (bicyclic) bond motifs is 1. The van der Waals surface area contributed by atoms with Crippen molar-refractivity contribution in [1.29, 1.82) is 0 Å². The average Bonchev–Trinajstić information content (AvgIpc) is 2.61. The minimum atomic E-state index is -3.54. The second-order valence-corrected chi connectivity index (χ2v) is 8.56. The van der Waals surface area contributed by atoms with E-state index in [1.165, 1.54) is 0 Å². The van der Waals surface area contributed by atoms with E-state index in [-0.39, 0.29) is 29.6 Å². The highest BCUT2D eigenvalue weighted by atomic mass is 32.2. The Hall–Kier alpha value is -2.41. The first-order valence-electron chi connectivity index (χ1n) is 8.99. The highest BCUT2D eigenvalue weighted by Gasteiger charge is 2.30. The molecule has 1 unspecified atom stereocenters. The fourth-order valence-corrected chi connectivity index (χ4v) is 3.79. The fraction of sp³-hybridized carbons (Fsp3) is 0.400. The Bertz CT molecular complexity index is 889. The molecular formula is C20H27N3O3S. The number of amides is 1. The summed E-state index contributed by atoms with van der Waals surface area (Å²) in [7, 11) is -3.54. The summed E-state index contributed by atoms with van der Waals surface area (Å²) in [6, 6.07) is 0. The van der Waals surface area contributed by atoms with Crippen LogP contribution in [0, 0.1) is 5.92 Å². The minimum absolute atomic E-state index is 0.0567. The molecule has 0 fully saturated rings. The molecule has 0 aromatic carbocycles. The molecule has 7 heteroatoms. The maximum atomic E-state index is 12.7. The number of hydrogen-bond donors (Lipinski definition) is 1. The normalized spacial score (nSPS) is 20.7. The van der Waals surface area contributed by atoms with Crippen molar-refractivity contribution in [2.45, 2.75) is 34.1 Å². The lowest BCUT2D eigenvalue weighted by Gasteiger charge is -2.30. The van der Waals surface area contributed by atoms with Crippen LogP contribution in [-0.4, -0.2) is 37.4 Å². The van der Waals surface area contributed by atoms with Crippen molar-refractivity contribution in [3.05, 3.63) is 59.5 Å². The van der Waals surface area contributed by atoms with Gasteiger partial charge in [-0.1, -0.05) is 32.6 Å². The molecule has 1 atom stereocenters. The van der Waals surface area contributed by atoms with Crippen molar-refractivity contribution >= 4 is 21.8 Å². The maximum absolute atomic E-state index is 12.7. The number of nitrogens with zero attached hydrogens (tertiary/aromatic N) is 2. The lowest BCUT2D eigenvalue weighted by molar-refractivity contribution is -0.116. The number of rotatable bonds is 6. The van der Waals surface area contributed by atoms with Gasteiger partial charge in [0.15, 0.2) is 5.84 Å². The zero-order valence-corrected chi connectivity index (χ0v) is 17.1. The molecule has 0 bridgehead atoms. The van der Waals surface area contributed by atoms with E-state index < -0.39 is 10.0 Å². The lowest BCUT2D eigenvalue weighted by atomic mass is 9.98. The van der Waals surface area contributed by atoms with Gasteiger partial charge in [0.25, 0.3) is 15.9 Å². The Morgan fingerprint density at radius 1 is 1.44 bits per heavy atom. The molecule has 0 spiro atoms. The van der Waals surface area contributed by atoms with Gasteiger partial charge in [0, 0.05) is 18.4 Å². The van der Waals surface area contributed by atoms with Gasteiger partial charge in [-0.05, 0) is 49.5 Å². The zero-order chi connectivity index (χ0) is 20.2. The van der Waals surface area contributed by atoms with E-state index in [9.17, 15) is 13.2 Å². The summed E-state index contributed by atoms with van der Waals surface area (Å²) in [5, 5.41) is 2.81. The van der Waals surface area contributed by atoms with Crippen LogP contribution in [0.15, 0.2) is 63.9 Å². The smallest absolute Gasteiger partial charge is 0.259 e. The second-order valence-electron chi connectivity index (χ2n) is 6.81. The SMILES string of the molecule is C=C/C(=C\C=C(/C)NC(=O)C1=CC(C)=CN2CCS(=O)(=O)N=C12)C(C)CC. The fourth-order valence-electron chi connectivity index (χ4n) is 2.80. The standard InChI is InChI=1S/C20H27N3O3S/c1-6-15(4)17(7-2)9-8-16(5)21-20(24)18-12-14(3)13-23-10-11-27(25,26)22-19(18)23/h7-9,12-13,15H,2,6,10-11H2,1,3-5H3,(H,21,24)/b16-8+,17-9+. The number of carbonyl (C=O) groups excluding carboxylic acids is 1. The molecule has 2 heterocycles. The molecule has 0 radical (unpaired) electrons. The van der Waals surface area contributed by atoms with Crippen molar-refractivity contribution in [3.63, 3.8) is 0 Å². The molecule has 146 valence electrons. The van der Waals surface area contributed by atoms with Crippen molar-refractivity contribution in [2.75, 3.05) is 12.3 Å². The predicted octanol–water partition coefficient (Wildman–Crippen LogP) is 3.05. The van der Waals surface area contributed by atoms with Crippen LogP contribution >= 0.6 is 0 Å². The summed E-state index contributed by atoms with van der Waals surface area (Å²) in [5.41, 5.74) is 2.86. The number of carbonyl (C=O) groups is 1. The Kier molecular flexibility index (Phi) is 6.59. The first-order chi connectivity index (χ1) is 12.7. The van der Waals surface area contributed by atoms with Crippen LogP contribution in [0.4, 0.5) is 0 Å². The molecule has 0 aromatic heterocycles. The highest BCUT2D eigenvalue weighted by Crippen LogP contribution is 2.21. The monoisotopic (exact) mass is 389 g/mol. The van der Waals surface area contributed by atoms with Crippen LogP contribution in [0.25, 0.3) is 0 Å². The highest BCUT2D eigenvalue weighted by molar-refractivity contribution is 7.90. The van der Waals surface area contributed by atoms with Gasteiger partial charge in [0.05, 0.1) is 11.3 Å². The van der Waals surface area contributed by atoms with E-state index in [0.717, 1.165) is 17.6 Å². The number of nitrogens with one attached hydrogen (secondary N) is 1. The molecule has 2 aliphatic rings. The molecular weight excluding hydrogens is 362 g/mol. The maximum Gasteiger partial charge on any atom is 0.259 e. The van der Waals surface area contributed by atoms with E-state index in [1.807, 2.05) is 25.2 Å². The Morgan fingerprint density at radius 3 is 2.78 bits per heavy atom. The number of allylic oxidation sites excluding steroid dienone is 7. The van der Waals surface area contributed by atoms with Crippen LogP contribution in [0.2, 0.25) is 0 Å². The molecule has 6 nitrogen and oxygen atoms in total. The van der Waals surface area contributed by atoms with Crippen LogP contribution in [0.3, 0.4) is 0 Å². The van der Waals surface area contributed by atoms with Crippen LogP contribution in [-0.2, 0) is 14.8 Å². The summed E-state index contributed by atoms with van der Waals surface area (Å²) >= 11 is 0.